The van der Waals surface area contributed by atoms with E-state index in [0.717, 1.165) is 12.0 Å². The van der Waals surface area contributed by atoms with Gasteiger partial charge in [-0.15, -0.1) is 0 Å². The predicted molar refractivity (Wildman–Crippen MR) is 73.4 cm³/mol. The molecule has 3 nitrogen and oxygen atoms in total. The Bertz CT molecular complexity index is 553. The number of carbonyl (C=O) groups is 1. The molecule has 0 bridgehead atoms. The second kappa shape index (κ2) is 5.22. The van der Waals surface area contributed by atoms with E-state index in [-0.39, 0.29) is 11.8 Å². The average Bonchev–Trinajstić information content (AvgIpc) is 3.27. The van der Waals surface area contributed by atoms with Crippen molar-refractivity contribution in [1.29, 1.82) is 0 Å². The molecule has 1 aromatic carbocycles. The maximum atomic E-state index is 12.0. The van der Waals surface area contributed by atoms with Gasteiger partial charge in [0.05, 0.1) is 0 Å². The van der Waals surface area contributed by atoms with Crippen molar-refractivity contribution in [3.05, 3.63) is 66.0 Å². The summed E-state index contributed by atoms with van der Waals surface area (Å²) in [4.78, 5) is 16.1. The summed E-state index contributed by atoms with van der Waals surface area (Å²) in [6.45, 7) is 0.560. The van der Waals surface area contributed by atoms with Crippen molar-refractivity contribution in [1.82, 2.24) is 10.3 Å². The fraction of sp³-hybridized carbons (Fsp3) is 0.250. The number of amides is 1. The smallest absolute Gasteiger partial charge is 0.224 e. The van der Waals surface area contributed by atoms with Crippen LogP contribution in [0.25, 0.3) is 0 Å². The number of aromatic nitrogens is 1. The molecule has 0 unspecified atom stereocenters. The summed E-state index contributed by atoms with van der Waals surface area (Å²) in [5.74, 6) is 0.687. The first-order chi connectivity index (χ1) is 9.34. The predicted octanol–water partition coefficient (Wildman–Crippen LogP) is 2.50. The minimum Gasteiger partial charge on any atom is -0.352 e. The maximum absolute atomic E-state index is 12.0. The van der Waals surface area contributed by atoms with Gasteiger partial charge in [-0.05, 0) is 29.5 Å². The molecule has 0 spiro atoms. The van der Waals surface area contributed by atoms with Crippen LogP contribution in [0.15, 0.2) is 54.9 Å². The number of carbonyl (C=O) groups excluding carboxylic acids is 1. The Morgan fingerprint density at radius 2 is 2.05 bits per heavy atom. The highest BCUT2D eigenvalue weighted by atomic mass is 16.2. The van der Waals surface area contributed by atoms with Crippen molar-refractivity contribution >= 4 is 5.91 Å². The van der Waals surface area contributed by atoms with E-state index in [9.17, 15) is 4.79 Å². The Morgan fingerprint density at radius 1 is 1.21 bits per heavy atom. The van der Waals surface area contributed by atoms with Gasteiger partial charge in [-0.1, -0.05) is 36.4 Å². The topological polar surface area (TPSA) is 42.0 Å². The Morgan fingerprint density at radius 3 is 2.79 bits per heavy atom. The van der Waals surface area contributed by atoms with Crippen molar-refractivity contribution in [3.8, 4) is 0 Å². The lowest BCUT2D eigenvalue weighted by Gasteiger charge is -2.04. The Labute approximate surface area is 112 Å². The van der Waals surface area contributed by atoms with Gasteiger partial charge in [-0.2, -0.15) is 0 Å². The standard InChI is InChI=1S/C16H16N2O/c19-16(18-11-12-5-4-8-17-10-12)15-9-14(15)13-6-2-1-3-7-13/h1-8,10,14-15H,9,11H2,(H,18,19)/t14-,15-/m0/s1. The lowest BCUT2D eigenvalue weighted by atomic mass is 10.1. The maximum Gasteiger partial charge on any atom is 0.224 e. The van der Waals surface area contributed by atoms with E-state index in [2.05, 4.69) is 22.4 Å². The van der Waals surface area contributed by atoms with Crippen molar-refractivity contribution in [2.45, 2.75) is 18.9 Å². The van der Waals surface area contributed by atoms with Crippen LogP contribution in [0.4, 0.5) is 0 Å². The van der Waals surface area contributed by atoms with E-state index in [1.54, 1.807) is 12.4 Å². The third-order valence-electron chi connectivity index (χ3n) is 3.54. The molecule has 1 aliphatic carbocycles. The molecule has 0 radical (unpaired) electrons. The fourth-order valence-electron chi connectivity index (χ4n) is 2.38. The molecule has 0 saturated heterocycles. The van der Waals surface area contributed by atoms with Crippen LogP contribution in [-0.2, 0) is 11.3 Å². The van der Waals surface area contributed by atoms with Crippen molar-refractivity contribution in [2.75, 3.05) is 0 Å². The van der Waals surface area contributed by atoms with Crippen LogP contribution in [0.5, 0.6) is 0 Å². The molecule has 1 heterocycles. The van der Waals surface area contributed by atoms with Crippen LogP contribution in [0.2, 0.25) is 0 Å². The molecule has 2 aromatic rings. The van der Waals surface area contributed by atoms with Gasteiger partial charge >= 0.3 is 0 Å². The van der Waals surface area contributed by atoms with Crippen LogP contribution < -0.4 is 5.32 Å². The Hall–Kier alpha value is -2.16. The van der Waals surface area contributed by atoms with E-state index < -0.39 is 0 Å². The highest BCUT2D eigenvalue weighted by Gasteiger charge is 2.43. The lowest BCUT2D eigenvalue weighted by Crippen LogP contribution is -2.24. The minimum atomic E-state index is 0.138. The second-order valence-corrected chi connectivity index (χ2v) is 4.94. The van der Waals surface area contributed by atoms with Crippen LogP contribution in [0.1, 0.15) is 23.5 Å². The zero-order valence-electron chi connectivity index (χ0n) is 10.6. The molecule has 1 saturated carbocycles. The number of nitrogens with one attached hydrogen (secondary N) is 1. The largest absolute Gasteiger partial charge is 0.352 e. The normalized spacial score (nSPS) is 20.8. The number of hydrogen-bond donors (Lipinski definition) is 1. The summed E-state index contributed by atoms with van der Waals surface area (Å²) in [7, 11) is 0. The summed E-state index contributed by atoms with van der Waals surface area (Å²) in [6, 6.07) is 14.1. The van der Waals surface area contributed by atoms with Crippen molar-refractivity contribution in [3.63, 3.8) is 0 Å². The summed E-state index contributed by atoms with van der Waals surface area (Å²) in [6.07, 6.45) is 4.47. The molecular weight excluding hydrogens is 236 g/mol. The molecule has 0 aliphatic heterocycles. The third-order valence-corrected chi connectivity index (χ3v) is 3.54. The van der Waals surface area contributed by atoms with Crippen LogP contribution >= 0.6 is 0 Å². The summed E-state index contributed by atoms with van der Waals surface area (Å²) < 4.78 is 0. The van der Waals surface area contributed by atoms with Crippen LogP contribution in [0.3, 0.4) is 0 Å². The zero-order valence-corrected chi connectivity index (χ0v) is 10.6. The molecule has 3 heteroatoms. The SMILES string of the molecule is O=C(NCc1cccnc1)[C@H]1C[C@H]1c1ccccc1. The molecular formula is C16H16N2O. The Kier molecular flexibility index (Phi) is 3.27. The zero-order chi connectivity index (χ0) is 13.1. The highest BCUT2D eigenvalue weighted by Crippen LogP contribution is 2.47. The number of benzene rings is 1. The van der Waals surface area contributed by atoms with E-state index in [4.69, 9.17) is 0 Å². The van der Waals surface area contributed by atoms with E-state index in [1.807, 2.05) is 30.3 Å². The van der Waals surface area contributed by atoms with E-state index in [1.165, 1.54) is 5.56 Å². The van der Waals surface area contributed by atoms with Gasteiger partial charge < -0.3 is 5.32 Å². The van der Waals surface area contributed by atoms with Gasteiger partial charge in [-0.3, -0.25) is 9.78 Å². The fourth-order valence-corrected chi connectivity index (χ4v) is 2.38. The third kappa shape index (κ3) is 2.81. The van der Waals surface area contributed by atoms with Crippen LogP contribution in [-0.4, -0.2) is 10.9 Å². The average molecular weight is 252 g/mol. The molecule has 1 fully saturated rings. The number of pyridine rings is 1. The monoisotopic (exact) mass is 252 g/mol. The summed E-state index contributed by atoms with van der Waals surface area (Å²) in [5.41, 5.74) is 2.30. The van der Waals surface area contributed by atoms with E-state index >= 15 is 0 Å². The minimum absolute atomic E-state index is 0.138. The van der Waals surface area contributed by atoms with Gasteiger partial charge in [-0.25, -0.2) is 0 Å². The molecule has 3 rings (SSSR count). The summed E-state index contributed by atoms with van der Waals surface area (Å²) in [5, 5.41) is 2.98. The molecule has 1 aliphatic rings. The lowest BCUT2D eigenvalue weighted by molar-refractivity contribution is -0.122. The van der Waals surface area contributed by atoms with Crippen LogP contribution in [0, 0.1) is 5.92 Å². The van der Waals surface area contributed by atoms with Gasteiger partial charge in [0.1, 0.15) is 0 Å². The molecule has 1 N–H and O–H groups in total. The molecule has 96 valence electrons. The quantitative estimate of drug-likeness (QED) is 0.908. The van der Waals surface area contributed by atoms with E-state index in [0.29, 0.717) is 12.5 Å². The summed E-state index contributed by atoms with van der Waals surface area (Å²) >= 11 is 0. The molecule has 1 aromatic heterocycles. The number of hydrogen-bond acceptors (Lipinski definition) is 2. The van der Waals surface area contributed by atoms with Gasteiger partial charge in [0.15, 0.2) is 0 Å². The number of rotatable bonds is 4. The molecule has 19 heavy (non-hydrogen) atoms. The highest BCUT2D eigenvalue weighted by molar-refractivity contribution is 5.82. The Balaban J connectivity index is 1.53. The van der Waals surface area contributed by atoms with Gasteiger partial charge in [0.25, 0.3) is 0 Å². The first kappa shape index (κ1) is 11.9. The first-order valence-corrected chi connectivity index (χ1v) is 6.56. The van der Waals surface area contributed by atoms with Gasteiger partial charge in [0.2, 0.25) is 5.91 Å². The first-order valence-electron chi connectivity index (χ1n) is 6.56. The van der Waals surface area contributed by atoms with Gasteiger partial charge in [0, 0.05) is 24.9 Å². The molecule has 2 atom stereocenters. The van der Waals surface area contributed by atoms with Crippen molar-refractivity contribution in [2.24, 2.45) is 5.92 Å². The van der Waals surface area contributed by atoms with Crippen molar-refractivity contribution < 1.29 is 4.79 Å². The molecule has 1 amide bonds. The number of nitrogens with zero attached hydrogens (tertiary/aromatic N) is 1. The second-order valence-electron chi connectivity index (χ2n) is 4.94.